The molecule has 1 saturated heterocycles. The number of hydrogen-bond donors (Lipinski definition) is 2. The van der Waals surface area contributed by atoms with Gasteiger partial charge in [0.25, 0.3) is 5.56 Å². The van der Waals surface area contributed by atoms with Gasteiger partial charge in [0, 0.05) is 35.7 Å². The van der Waals surface area contributed by atoms with E-state index in [1.54, 1.807) is 16.3 Å². The van der Waals surface area contributed by atoms with Crippen LogP contribution < -0.4 is 16.2 Å². The van der Waals surface area contributed by atoms with Crippen molar-refractivity contribution in [3.63, 3.8) is 0 Å². The Morgan fingerprint density at radius 2 is 2.13 bits per heavy atom. The van der Waals surface area contributed by atoms with Gasteiger partial charge >= 0.3 is 0 Å². The predicted molar refractivity (Wildman–Crippen MR) is 119 cm³/mol. The monoisotopic (exact) mass is 444 g/mol. The van der Waals surface area contributed by atoms with Crippen LogP contribution in [0.25, 0.3) is 0 Å². The van der Waals surface area contributed by atoms with Crippen molar-refractivity contribution in [2.75, 3.05) is 5.75 Å². The van der Waals surface area contributed by atoms with E-state index in [0.717, 1.165) is 67.1 Å². The molecule has 1 saturated carbocycles. The summed E-state index contributed by atoms with van der Waals surface area (Å²) in [6.07, 6.45) is 6.67. The Labute approximate surface area is 187 Å². The number of thioether (sulfide) groups is 1. The number of rotatable bonds is 4. The molecule has 2 aliphatic heterocycles. The second-order valence-electron chi connectivity index (χ2n) is 9.75. The number of carbonyl (C=O) groups is 2. The molecule has 2 amide bonds. The van der Waals surface area contributed by atoms with Crippen molar-refractivity contribution < 1.29 is 9.59 Å². The molecule has 2 fully saturated rings. The number of hydrogen-bond acceptors (Lipinski definition) is 5. The van der Waals surface area contributed by atoms with Gasteiger partial charge < -0.3 is 10.6 Å². The summed E-state index contributed by atoms with van der Waals surface area (Å²) in [5.74, 6) is 1.90. The summed E-state index contributed by atoms with van der Waals surface area (Å²) in [6.45, 7) is 4.29. The number of nitrogens with one attached hydrogen (secondary N) is 2. The molecule has 0 spiro atoms. The lowest BCUT2D eigenvalue weighted by Gasteiger charge is -2.46. The van der Waals surface area contributed by atoms with Crippen LogP contribution in [0.3, 0.4) is 0 Å². The molecule has 0 bridgehead atoms. The molecule has 2 aliphatic carbocycles. The highest BCUT2D eigenvalue weighted by atomic mass is 32.2. The first-order valence-electron chi connectivity index (χ1n) is 11.8. The molecule has 7 nitrogen and oxygen atoms in total. The first kappa shape index (κ1) is 21.0. The van der Waals surface area contributed by atoms with Crippen LogP contribution in [-0.2, 0) is 22.4 Å². The number of nitrogens with zero attached hydrogens (tertiary/aromatic N) is 2. The van der Waals surface area contributed by atoms with Crippen molar-refractivity contribution in [3.8, 4) is 0 Å². The Balaban J connectivity index is 1.22. The van der Waals surface area contributed by atoms with E-state index >= 15 is 0 Å². The summed E-state index contributed by atoms with van der Waals surface area (Å²) in [6, 6.07) is 0.117. The van der Waals surface area contributed by atoms with Crippen molar-refractivity contribution >= 4 is 23.6 Å². The highest BCUT2D eigenvalue weighted by Crippen LogP contribution is 2.39. The highest BCUT2D eigenvalue weighted by Gasteiger charge is 2.43. The van der Waals surface area contributed by atoms with Gasteiger partial charge in [-0.25, -0.2) is 4.98 Å². The van der Waals surface area contributed by atoms with Crippen LogP contribution in [0.15, 0.2) is 9.95 Å². The largest absolute Gasteiger partial charge is 0.353 e. The lowest BCUT2D eigenvalue weighted by Crippen LogP contribution is -2.58. The second-order valence-corrected chi connectivity index (χ2v) is 10.7. The van der Waals surface area contributed by atoms with Gasteiger partial charge in [0.1, 0.15) is 0 Å². The fourth-order valence-electron chi connectivity index (χ4n) is 6.31. The van der Waals surface area contributed by atoms with E-state index in [-0.39, 0.29) is 41.4 Å². The summed E-state index contributed by atoms with van der Waals surface area (Å²) < 4.78 is 1.76. The van der Waals surface area contributed by atoms with Crippen molar-refractivity contribution in [2.45, 2.75) is 88.5 Å². The first-order chi connectivity index (χ1) is 15.0. The zero-order valence-corrected chi connectivity index (χ0v) is 19.2. The minimum atomic E-state index is -0.123. The smallest absolute Gasteiger partial charge is 0.257 e. The van der Waals surface area contributed by atoms with Gasteiger partial charge in [-0.3, -0.25) is 19.0 Å². The lowest BCUT2D eigenvalue weighted by molar-refractivity contribution is -0.133. The molecule has 4 aliphatic rings. The lowest BCUT2D eigenvalue weighted by atomic mass is 9.67. The topological polar surface area (TPSA) is 93.1 Å². The van der Waals surface area contributed by atoms with Crippen LogP contribution in [0.4, 0.5) is 0 Å². The van der Waals surface area contributed by atoms with Crippen molar-refractivity contribution in [1.82, 2.24) is 20.2 Å². The zero-order chi connectivity index (χ0) is 21.7. The van der Waals surface area contributed by atoms with Crippen molar-refractivity contribution in [3.05, 3.63) is 21.6 Å². The van der Waals surface area contributed by atoms with Gasteiger partial charge in [-0.05, 0) is 56.8 Å². The van der Waals surface area contributed by atoms with Gasteiger partial charge in [-0.15, -0.1) is 0 Å². The first-order valence-corrected chi connectivity index (χ1v) is 12.8. The van der Waals surface area contributed by atoms with E-state index in [9.17, 15) is 14.4 Å². The van der Waals surface area contributed by atoms with E-state index in [4.69, 9.17) is 4.98 Å². The minimum Gasteiger partial charge on any atom is -0.353 e. The molecule has 0 radical (unpaired) electrons. The summed E-state index contributed by atoms with van der Waals surface area (Å²) in [5.41, 5.74) is 1.87. The maximum Gasteiger partial charge on any atom is 0.257 e. The third-order valence-corrected chi connectivity index (χ3v) is 9.07. The van der Waals surface area contributed by atoms with Crippen LogP contribution >= 0.6 is 11.8 Å². The third-order valence-electron chi connectivity index (χ3n) is 7.98. The molecule has 31 heavy (non-hydrogen) atoms. The maximum atomic E-state index is 12.9. The quantitative estimate of drug-likeness (QED) is 0.695. The summed E-state index contributed by atoms with van der Waals surface area (Å²) in [7, 11) is 0. The average molecular weight is 445 g/mol. The summed E-state index contributed by atoms with van der Waals surface area (Å²) >= 11 is 1.59. The Kier molecular flexibility index (Phi) is 5.61. The Morgan fingerprint density at radius 3 is 2.94 bits per heavy atom. The van der Waals surface area contributed by atoms with Crippen LogP contribution in [0.2, 0.25) is 0 Å². The van der Waals surface area contributed by atoms with E-state index in [1.807, 2.05) is 0 Å². The number of amides is 2. The highest BCUT2D eigenvalue weighted by molar-refractivity contribution is 7.99. The van der Waals surface area contributed by atoms with Gasteiger partial charge in [0.15, 0.2) is 5.16 Å². The third kappa shape index (κ3) is 3.70. The molecule has 3 heterocycles. The van der Waals surface area contributed by atoms with Gasteiger partial charge in [0.2, 0.25) is 11.8 Å². The van der Waals surface area contributed by atoms with Gasteiger partial charge in [-0.2, -0.15) is 0 Å². The Bertz CT molecular complexity index is 961. The number of piperidine rings is 1. The molecule has 2 N–H and O–H groups in total. The number of carbonyl (C=O) groups excluding carboxylic acids is 2. The fraction of sp³-hybridized carbons (Fsp3) is 0.739. The molecule has 1 aromatic rings. The van der Waals surface area contributed by atoms with Crippen LogP contribution in [-0.4, -0.2) is 39.2 Å². The van der Waals surface area contributed by atoms with Crippen molar-refractivity contribution in [2.24, 2.45) is 17.8 Å². The van der Waals surface area contributed by atoms with E-state index in [2.05, 4.69) is 24.5 Å². The molecule has 168 valence electrons. The Morgan fingerprint density at radius 1 is 1.29 bits per heavy atom. The molecule has 6 atom stereocenters. The molecular weight excluding hydrogens is 412 g/mol. The maximum absolute atomic E-state index is 12.9. The molecule has 1 aromatic heterocycles. The van der Waals surface area contributed by atoms with E-state index in [0.29, 0.717) is 18.3 Å². The number of fused-ring (bicyclic) bond motifs is 3. The fourth-order valence-corrected chi connectivity index (χ4v) is 7.46. The van der Waals surface area contributed by atoms with Crippen molar-refractivity contribution in [1.29, 1.82) is 0 Å². The van der Waals surface area contributed by atoms with Crippen LogP contribution in [0, 0.1) is 17.8 Å². The predicted octanol–water partition coefficient (Wildman–Crippen LogP) is 2.21. The minimum absolute atomic E-state index is 0.00378. The van der Waals surface area contributed by atoms with Crippen LogP contribution in [0.1, 0.15) is 69.7 Å². The molecule has 0 aromatic carbocycles. The van der Waals surface area contributed by atoms with E-state index in [1.165, 1.54) is 0 Å². The standard InChI is InChI=1S/C23H32N4O3S/c1-3-15-12(2)16-8-7-13(9-19(16)25-21(15)29)24-20(28)10-14-11-31-23-26-18-6-4-5-17(18)22(30)27(14)23/h12-16,19H,3-11H2,1-2H3,(H,24,28)(H,25,29). The molecule has 5 rings (SSSR count). The number of aryl methyl sites for hydroxylation is 1. The zero-order valence-electron chi connectivity index (χ0n) is 18.4. The second kappa shape index (κ2) is 8.26. The Hall–Kier alpha value is -1.83. The average Bonchev–Trinajstić information content (AvgIpc) is 3.36. The molecule has 8 heteroatoms. The van der Waals surface area contributed by atoms with Gasteiger partial charge in [0.05, 0.1) is 11.7 Å². The normalized spacial score (nSPS) is 33.9. The summed E-state index contributed by atoms with van der Waals surface area (Å²) in [4.78, 5) is 42.9. The number of aromatic nitrogens is 2. The molecular formula is C23H32N4O3S. The van der Waals surface area contributed by atoms with Crippen LogP contribution in [0.5, 0.6) is 0 Å². The van der Waals surface area contributed by atoms with Gasteiger partial charge in [-0.1, -0.05) is 25.6 Å². The van der Waals surface area contributed by atoms with E-state index < -0.39 is 0 Å². The summed E-state index contributed by atoms with van der Waals surface area (Å²) in [5, 5.41) is 7.20. The SMILES string of the molecule is CCC1C(=O)NC2CC(NC(=O)CC3CSc4nc5c(c(=O)n43)CCC5)CCC2C1C. The molecule has 6 unspecified atom stereocenters.